The van der Waals surface area contributed by atoms with Crippen molar-refractivity contribution in [3.8, 4) is 5.75 Å². The highest BCUT2D eigenvalue weighted by molar-refractivity contribution is 9.10. The lowest BCUT2D eigenvalue weighted by Gasteiger charge is -2.10. The largest absolute Gasteiger partial charge is 0.488 e. The summed E-state index contributed by atoms with van der Waals surface area (Å²) in [6, 6.07) is 8.73. The summed E-state index contributed by atoms with van der Waals surface area (Å²) in [4.78, 5) is 0. The molecule has 0 fully saturated rings. The van der Waals surface area contributed by atoms with Crippen LogP contribution in [0.15, 0.2) is 40.9 Å². The molecule has 0 amide bonds. The summed E-state index contributed by atoms with van der Waals surface area (Å²) in [7, 11) is 0. The van der Waals surface area contributed by atoms with Crippen LogP contribution >= 0.6 is 15.9 Å². The summed E-state index contributed by atoms with van der Waals surface area (Å²) in [5.74, 6) is -0.203. The van der Waals surface area contributed by atoms with Gasteiger partial charge in [-0.3, -0.25) is 0 Å². The monoisotopic (exact) mass is 312 g/mol. The smallest absolute Gasteiger partial charge is 0.136 e. The van der Waals surface area contributed by atoms with Crippen molar-refractivity contribution in [1.82, 2.24) is 0 Å². The molecule has 0 aliphatic carbocycles. The minimum atomic E-state index is -0.357. The first-order valence-corrected chi connectivity index (χ1v) is 6.18. The Bertz CT molecular complexity index is 570. The molecule has 0 saturated heterocycles. The number of ether oxygens (including phenoxy) is 1. The number of benzene rings is 2. The first kappa shape index (κ1) is 13.0. The van der Waals surface area contributed by atoms with Crippen LogP contribution in [-0.4, -0.2) is 0 Å². The molecule has 0 bridgehead atoms. The Labute approximate surface area is 113 Å². The van der Waals surface area contributed by atoms with Crippen LogP contribution in [0, 0.1) is 18.6 Å². The maximum absolute atomic E-state index is 13.1. The van der Waals surface area contributed by atoms with Crippen LogP contribution < -0.4 is 4.74 Å². The average Bonchev–Trinajstić information content (AvgIpc) is 2.32. The van der Waals surface area contributed by atoms with E-state index in [0.29, 0.717) is 10.2 Å². The Hall–Kier alpha value is -1.42. The highest BCUT2D eigenvalue weighted by atomic mass is 79.9. The molecule has 0 aliphatic heterocycles. The van der Waals surface area contributed by atoms with Gasteiger partial charge >= 0.3 is 0 Å². The lowest BCUT2D eigenvalue weighted by atomic mass is 10.1. The van der Waals surface area contributed by atoms with E-state index in [1.165, 1.54) is 24.3 Å². The fourth-order valence-electron chi connectivity index (χ4n) is 1.56. The van der Waals surface area contributed by atoms with Gasteiger partial charge in [0.15, 0.2) is 0 Å². The first-order valence-electron chi connectivity index (χ1n) is 5.39. The molecular weight excluding hydrogens is 302 g/mol. The molecule has 0 atom stereocenters. The summed E-state index contributed by atoms with van der Waals surface area (Å²) in [5, 5.41) is 0. The van der Waals surface area contributed by atoms with E-state index in [1.807, 2.05) is 6.92 Å². The van der Waals surface area contributed by atoms with Crippen molar-refractivity contribution < 1.29 is 13.5 Å². The Balaban J connectivity index is 2.13. The summed E-state index contributed by atoms with van der Waals surface area (Å²) in [6.07, 6.45) is 0. The Morgan fingerprint density at radius 1 is 1.06 bits per heavy atom. The van der Waals surface area contributed by atoms with E-state index in [0.717, 1.165) is 11.1 Å². The molecule has 2 aromatic carbocycles. The van der Waals surface area contributed by atoms with Gasteiger partial charge in [0.05, 0.1) is 4.47 Å². The van der Waals surface area contributed by atoms with Crippen molar-refractivity contribution in [2.45, 2.75) is 13.5 Å². The van der Waals surface area contributed by atoms with Crippen LogP contribution in [0.4, 0.5) is 8.78 Å². The second-order valence-corrected chi connectivity index (χ2v) is 4.79. The van der Waals surface area contributed by atoms with Crippen molar-refractivity contribution in [1.29, 1.82) is 0 Å². The molecule has 2 rings (SSSR count). The zero-order chi connectivity index (χ0) is 13.1. The molecule has 0 unspecified atom stereocenters. The lowest BCUT2D eigenvalue weighted by Crippen LogP contribution is -1.99. The Morgan fingerprint density at radius 2 is 1.72 bits per heavy atom. The fourth-order valence-corrected chi connectivity index (χ4v) is 1.93. The molecule has 2 aromatic rings. The van der Waals surface area contributed by atoms with Crippen LogP contribution in [0.1, 0.15) is 11.1 Å². The van der Waals surface area contributed by atoms with E-state index < -0.39 is 0 Å². The van der Waals surface area contributed by atoms with Gasteiger partial charge in [-0.1, -0.05) is 6.07 Å². The third kappa shape index (κ3) is 3.07. The number of aryl methyl sites for hydroxylation is 1. The molecule has 1 nitrogen and oxygen atoms in total. The summed E-state index contributed by atoms with van der Waals surface area (Å²) in [5.41, 5.74) is 1.68. The Kier molecular flexibility index (Phi) is 3.97. The van der Waals surface area contributed by atoms with Gasteiger partial charge in [0.2, 0.25) is 0 Å². The molecule has 0 saturated carbocycles. The fraction of sp³-hybridized carbons (Fsp3) is 0.143. The van der Waals surface area contributed by atoms with Gasteiger partial charge in [-0.25, -0.2) is 8.78 Å². The number of hydrogen-bond acceptors (Lipinski definition) is 1. The van der Waals surface area contributed by atoms with Gasteiger partial charge < -0.3 is 4.74 Å². The topological polar surface area (TPSA) is 9.23 Å². The predicted octanol–water partition coefficient (Wildman–Crippen LogP) is 4.61. The second-order valence-electron chi connectivity index (χ2n) is 3.93. The summed E-state index contributed by atoms with van der Waals surface area (Å²) < 4.78 is 32.2. The van der Waals surface area contributed by atoms with Gasteiger partial charge in [-0.15, -0.1) is 0 Å². The number of rotatable bonds is 3. The number of hydrogen-bond donors (Lipinski definition) is 0. The normalized spacial score (nSPS) is 10.4. The summed E-state index contributed by atoms with van der Waals surface area (Å²) >= 11 is 3.28. The van der Waals surface area contributed by atoms with Crippen LogP contribution in [0.3, 0.4) is 0 Å². The second kappa shape index (κ2) is 5.48. The standard InChI is InChI=1S/C14H11BrF2O/c1-9-6-11(16)3-2-10(9)8-18-14-7-12(17)4-5-13(14)15/h2-7H,8H2,1H3. The quantitative estimate of drug-likeness (QED) is 0.804. The predicted molar refractivity (Wildman–Crippen MR) is 69.6 cm³/mol. The molecule has 18 heavy (non-hydrogen) atoms. The Morgan fingerprint density at radius 3 is 2.44 bits per heavy atom. The maximum atomic E-state index is 13.1. The highest BCUT2D eigenvalue weighted by Crippen LogP contribution is 2.26. The van der Waals surface area contributed by atoms with Crippen molar-refractivity contribution in [2.75, 3.05) is 0 Å². The van der Waals surface area contributed by atoms with Gasteiger partial charge in [-0.2, -0.15) is 0 Å². The van der Waals surface area contributed by atoms with Crippen LogP contribution in [0.5, 0.6) is 5.75 Å². The van der Waals surface area contributed by atoms with Crippen molar-refractivity contribution in [3.63, 3.8) is 0 Å². The molecule has 4 heteroatoms. The minimum Gasteiger partial charge on any atom is -0.488 e. The summed E-state index contributed by atoms with van der Waals surface area (Å²) in [6.45, 7) is 2.08. The van der Waals surface area contributed by atoms with Crippen molar-refractivity contribution >= 4 is 15.9 Å². The van der Waals surface area contributed by atoms with Gasteiger partial charge in [-0.05, 0) is 58.2 Å². The molecule has 0 heterocycles. The number of halogens is 3. The molecule has 94 valence electrons. The van der Waals surface area contributed by atoms with E-state index in [2.05, 4.69) is 15.9 Å². The maximum Gasteiger partial charge on any atom is 0.136 e. The SMILES string of the molecule is Cc1cc(F)ccc1COc1cc(F)ccc1Br. The third-order valence-corrected chi connectivity index (χ3v) is 3.24. The molecule has 0 radical (unpaired) electrons. The van der Waals surface area contributed by atoms with Gasteiger partial charge in [0, 0.05) is 6.07 Å². The van der Waals surface area contributed by atoms with E-state index in [1.54, 1.807) is 12.1 Å². The minimum absolute atomic E-state index is 0.272. The van der Waals surface area contributed by atoms with Crippen LogP contribution in [-0.2, 0) is 6.61 Å². The zero-order valence-electron chi connectivity index (χ0n) is 9.71. The molecule has 0 spiro atoms. The lowest BCUT2D eigenvalue weighted by molar-refractivity contribution is 0.301. The van der Waals surface area contributed by atoms with Gasteiger partial charge in [0.1, 0.15) is 24.0 Å². The van der Waals surface area contributed by atoms with Crippen molar-refractivity contribution in [2.24, 2.45) is 0 Å². The van der Waals surface area contributed by atoms with Crippen LogP contribution in [0.25, 0.3) is 0 Å². The zero-order valence-corrected chi connectivity index (χ0v) is 11.3. The molecule has 0 aliphatic rings. The molecular formula is C14H11BrF2O. The first-order chi connectivity index (χ1) is 8.56. The third-order valence-electron chi connectivity index (χ3n) is 2.58. The van der Waals surface area contributed by atoms with Gasteiger partial charge in [0.25, 0.3) is 0 Å². The van der Waals surface area contributed by atoms with Crippen molar-refractivity contribution in [3.05, 3.63) is 63.6 Å². The van der Waals surface area contributed by atoms with E-state index >= 15 is 0 Å². The average molecular weight is 313 g/mol. The van der Waals surface area contributed by atoms with E-state index in [-0.39, 0.29) is 18.2 Å². The van der Waals surface area contributed by atoms with E-state index in [4.69, 9.17) is 4.74 Å². The van der Waals surface area contributed by atoms with E-state index in [9.17, 15) is 8.78 Å². The highest BCUT2D eigenvalue weighted by Gasteiger charge is 2.05. The molecule has 0 aromatic heterocycles. The van der Waals surface area contributed by atoms with Crippen LogP contribution in [0.2, 0.25) is 0 Å². The molecule has 0 N–H and O–H groups in total.